The fourth-order valence-electron chi connectivity index (χ4n) is 3.63. The maximum atomic E-state index is 13.5. The molecule has 6 heteroatoms. The number of thioether (sulfide) groups is 1. The molecule has 0 saturated carbocycles. The SMILES string of the molecule is CCOc1ccc(N2C(=O)C(Nc3ccc(C(C)C)cc3)=C(Sc3ccc(C)cc3)C2=O)cc1. The average Bonchev–Trinajstić information content (AvgIpc) is 3.05. The number of hydrogen-bond donors (Lipinski definition) is 1. The predicted octanol–water partition coefficient (Wildman–Crippen LogP) is 6.51. The van der Waals surface area contributed by atoms with Gasteiger partial charge in [-0.3, -0.25) is 9.59 Å². The molecule has 0 aliphatic carbocycles. The molecule has 1 N–H and O–H groups in total. The molecular formula is C28H28N2O3S. The molecule has 5 nitrogen and oxygen atoms in total. The van der Waals surface area contributed by atoms with Crippen molar-refractivity contribution in [1.82, 2.24) is 0 Å². The quantitative estimate of drug-likeness (QED) is 0.379. The Morgan fingerprint density at radius 1 is 0.882 bits per heavy atom. The van der Waals surface area contributed by atoms with E-state index in [9.17, 15) is 9.59 Å². The van der Waals surface area contributed by atoms with Crippen LogP contribution in [0.25, 0.3) is 0 Å². The number of carbonyl (C=O) groups excluding carboxylic acids is 2. The van der Waals surface area contributed by atoms with Crippen molar-refractivity contribution in [2.45, 2.75) is 38.5 Å². The van der Waals surface area contributed by atoms with E-state index < -0.39 is 0 Å². The van der Waals surface area contributed by atoms with Gasteiger partial charge in [-0.15, -0.1) is 0 Å². The summed E-state index contributed by atoms with van der Waals surface area (Å²) < 4.78 is 5.50. The van der Waals surface area contributed by atoms with Crippen molar-refractivity contribution in [3.8, 4) is 5.75 Å². The second-order valence-corrected chi connectivity index (χ2v) is 9.48. The molecule has 0 spiro atoms. The van der Waals surface area contributed by atoms with Crippen LogP contribution in [-0.2, 0) is 9.59 Å². The predicted molar refractivity (Wildman–Crippen MR) is 138 cm³/mol. The van der Waals surface area contributed by atoms with Crippen LogP contribution >= 0.6 is 11.8 Å². The first-order valence-electron chi connectivity index (χ1n) is 11.3. The first-order valence-corrected chi connectivity index (χ1v) is 12.2. The van der Waals surface area contributed by atoms with E-state index in [1.165, 1.54) is 22.2 Å². The lowest BCUT2D eigenvalue weighted by Gasteiger charge is -2.16. The van der Waals surface area contributed by atoms with Gasteiger partial charge in [-0.2, -0.15) is 0 Å². The lowest BCUT2D eigenvalue weighted by molar-refractivity contribution is -0.120. The highest BCUT2D eigenvalue weighted by atomic mass is 32.2. The molecule has 0 atom stereocenters. The van der Waals surface area contributed by atoms with Gasteiger partial charge in [0.2, 0.25) is 0 Å². The Balaban J connectivity index is 1.68. The highest BCUT2D eigenvalue weighted by Crippen LogP contribution is 2.38. The number of benzene rings is 3. The molecule has 0 fully saturated rings. The zero-order valence-electron chi connectivity index (χ0n) is 19.8. The van der Waals surface area contributed by atoms with E-state index in [-0.39, 0.29) is 17.5 Å². The summed E-state index contributed by atoms with van der Waals surface area (Å²) in [6.45, 7) is 8.73. The standard InChI is InChI=1S/C28H28N2O3S/c1-5-33-23-14-12-22(13-15-23)30-27(31)25(29-21-10-8-20(9-11-21)18(2)3)26(28(30)32)34-24-16-6-19(4)7-17-24/h6-18,29H,5H2,1-4H3. The molecule has 0 bridgehead atoms. The highest BCUT2D eigenvalue weighted by Gasteiger charge is 2.40. The first kappa shape index (κ1) is 23.6. The van der Waals surface area contributed by atoms with E-state index in [0.717, 1.165) is 16.1 Å². The number of aryl methyl sites for hydroxylation is 1. The van der Waals surface area contributed by atoms with Gasteiger partial charge in [0.05, 0.1) is 12.3 Å². The van der Waals surface area contributed by atoms with E-state index in [4.69, 9.17) is 4.74 Å². The minimum absolute atomic E-state index is 0.279. The summed E-state index contributed by atoms with van der Waals surface area (Å²) in [5, 5.41) is 3.22. The topological polar surface area (TPSA) is 58.6 Å². The molecule has 1 aliphatic rings. The van der Waals surface area contributed by atoms with Gasteiger partial charge in [0.1, 0.15) is 16.4 Å². The third-order valence-electron chi connectivity index (χ3n) is 5.53. The van der Waals surface area contributed by atoms with Crippen LogP contribution in [0.2, 0.25) is 0 Å². The third kappa shape index (κ3) is 5.02. The summed E-state index contributed by atoms with van der Waals surface area (Å²) in [5.41, 5.74) is 3.88. The minimum atomic E-state index is -0.378. The third-order valence-corrected chi connectivity index (χ3v) is 6.63. The molecule has 0 aromatic heterocycles. The average molecular weight is 473 g/mol. The lowest BCUT2D eigenvalue weighted by Crippen LogP contribution is -2.32. The number of nitrogens with one attached hydrogen (secondary N) is 1. The second kappa shape index (κ2) is 10.2. The maximum absolute atomic E-state index is 13.5. The van der Waals surface area contributed by atoms with Crippen LogP contribution in [0.15, 0.2) is 88.3 Å². The van der Waals surface area contributed by atoms with Crippen molar-refractivity contribution in [2.75, 3.05) is 16.8 Å². The molecule has 4 rings (SSSR count). The summed E-state index contributed by atoms with van der Waals surface area (Å²) in [6.07, 6.45) is 0. The van der Waals surface area contributed by atoms with Gasteiger partial charge < -0.3 is 10.1 Å². The maximum Gasteiger partial charge on any atom is 0.283 e. The van der Waals surface area contributed by atoms with E-state index in [0.29, 0.717) is 28.9 Å². The largest absolute Gasteiger partial charge is 0.494 e. The Morgan fingerprint density at radius 3 is 2.12 bits per heavy atom. The van der Waals surface area contributed by atoms with E-state index >= 15 is 0 Å². The van der Waals surface area contributed by atoms with Crippen molar-refractivity contribution in [3.63, 3.8) is 0 Å². The van der Waals surface area contributed by atoms with Crippen LogP contribution in [0.4, 0.5) is 11.4 Å². The number of anilines is 2. The van der Waals surface area contributed by atoms with Gasteiger partial charge in [0.15, 0.2) is 0 Å². The first-order chi connectivity index (χ1) is 16.4. The van der Waals surface area contributed by atoms with Crippen molar-refractivity contribution in [3.05, 3.63) is 94.5 Å². The summed E-state index contributed by atoms with van der Waals surface area (Å²) in [4.78, 5) is 29.5. The molecule has 3 aromatic carbocycles. The normalized spacial score (nSPS) is 13.7. The van der Waals surface area contributed by atoms with Crippen LogP contribution in [0.5, 0.6) is 5.75 Å². The van der Waals surface area contributed by atoms with Crippen LogP contribution in [0.1, 0.15) is 37.8 Å². The number of nitrogens with zero attached hydrogens (tertiary/aromatic N) is 1. The van der Waals surface area contributed by atoms with Gasteiger partial charge in [-0.1, -0.05) is 55.4 Å². The van der Waals surface area contributed by atoms with Gasteiger partial charge >= 0.3 is 0 Å². The number of amides is 2. The van der Waals surface area contributed by atoms with Gasteiger partial charge in [-0.25, -0.2) is 4.90 Å². The number of imide groups is 1. The van der Waals surface area contributed by atoms with Gasteiger partial charge in [-0.05, 0) is 73.9 Å². The Kier molecular flexibility index (Phi) is 7.08. The van der Waals surface area contributed by atoms with Crippen molar-refractivity contribution < 1.29 is 14.3 Å². The minimum Gasteiger partial charge on any atom is -0.494 e. The number of rotatable bonds is 8. The number of carbonyl (C=O) groups is 2. The van der Waals surface area contributed by atoms with E-state index in [1.54, 1.807) is 24.3 Å². The lowest BCUT2D eigenvalue weighted by atomic mass is 10.0. The Bertz CT molecular complexity index is 1210. The van der Waals surface area contributed by atoms with E-state index in [1.807, 2.05) is 62.4 Å². The summed E-state index contributed by atoms with van der Waals surface area (Å²) in [6, 6.07) is 22.8. The summed E-state index contributed by atoms with van der Waals surface area (Å²) >= 11 is 1.30. The molecule has 0 unspecified atom stereocenters. The molecular weight excluding hydrogens is 444 g/mol. The highest BCUT2D eigenvalue weighted by molar-refractivity contribution is 8.04. The van der Waals surface area contributed by atoms with Crippen LogP contribution in [0, 0.1) is 6.92 Å². The summed E-state index contributed by atoms with van der Waals surface area (Å²) in [5.74, 6) is 0.375. The van der Waals surface area contributed by atoms with Gasteiger partial charge in [0, 0.05) is 10.6 Å². The van der Waals surface area contributed by atoms with Crippen LogP contribution < -0.4 is 15.0 Å². The van der Waals surface area contributed by atoms with Crippen molar-refractivity contribution in [1.29, 1.82) is 0 Å². The van der Waals surface area contributed by atoms with Crippen LogP contribution in [0.3, 0.4) is 0 Å². The summed E-state index contributed by atoms with van der Waals surface area (Å²) in [7, 11) is 0. The molecule has 1 heterocycles. The number of ether oxygens (including phenoxy) is 1. The number of hydrogen-bond acceptors (Lipinski definition) is 5. The smallest absolute Gasteiger partial charge is 0.283 e. The molecule has 1 aliphatic heterocycles. The molecule has 34 heavy (non-hydrogen) atoms. The monoisotopic (exact) mass is 472 g/mol. The van der Waals surface area contributed by atoms with Crippen LogP contribution in [-0.4, -0.2) is 18.4 Å². The fourth-order valence-corrected chi connectivity index (χ4v) is 4.55. The Labute approximate surface area is 204 Å². The second-order valence-electron chi connectivity index (χ2n) is 8.39. The molecule has 3 aromatic rings. The van der Waals surface area contributed by atoms with Crippen molar-refractivity contribution in [2.24, 2.45) is 0 Å². The molecule has 174 valence electrons. The molecule has 0 saturated heterocycles. The Morgan fingerprint density at radius 2 is 1.53 bits per heavy atom. The van der Waals surface area contributed by atoms with E-state index in [2.05, 4.69) is 19.2 Å². The fraction of sp³-hybridized carbons (Fsp3) is 0.214. The Hall–Kier alpha value is -3.51. The van der Waals surface area contributed by atoms with Crippen molar-refractivity contribution >= 4 is 35.0 Å². The zero-order valence-corrected chi connectivity index (χ0v) is 20.6. The molecule has 0 radical (unpaired) electrons. The zero-order chi connectivity index (χ0) is 24.2. The van der Waals surface area contributed by atoms with Gasteiger partial charge in [0.25, 0.3) is 11.8 Å². The molecule has 2 amide bonds.